The number of phenolic OH excluding ortho intramolecular Hbond substituents is 1. The lowest BCUT2D eigenvalue weighted by molar-refractivity contribution is -0.135. The number of phenols is 1. The Bertz CT molecular complexity index is 1630. The summed E-state index contributed by atoms with van der Waals surface area (Å²) in [5.74, 6) is -1.56. The highest BCUT2D eigenvalue weighted by molar-refractivity contribution is 6.42. The molecule has 0 aliphatic rings. The van der Waals surface area contributed by atoms with Gasteiger partial charge in [0.05, 0.1) is 24.5 Å². The van der Waals surface area contributed by atoms with Gasteiger partial charge in [0.25, 0.3) is 5.56 Å². The van der Waals surface area contributed by atoms with Crippen LogP contribution < -0.4 is 16.6 Å². The van der Waals surface area contributed by atoms with Crippen LogP contribution in [0.5, 0.6) is 5.75 Å². The molecule has 3 aromatic carbocycles. The monoisotopic (exact) mass is 526 g/mol. The molecule has 0 saturated carbocycles. The van der Waals surface area contributed by atoms with Crippen LogP contribution in [0.1, 0.15) is 23.7 Å². The summed E-state index contributed by atoms with van der Waals surface area (Å²) in [7, 11) is 0. The molecule has 0 aliphatic heterocycles. The van der Waals surface area contributed by atoms with Crippen molar-refractivity contribution in [3.05, 3.63) is 100 Å². The van der Waals surface area contributed by atoms with E-state index < -0.39 is 17.2 Å². The van der Waals surface area contributed by atoms with Gasteiger partial charge >= 0.3 is 5.97 Å². The summed E-state index contributed by atoms with van der Waals surface area (Å²) in [6.07, 6.45) is 1.21. The van der Waals surface area contributed by atoms with Crippen LogP contribution in [0.2, 0.25) is 0 Å². The van der Waals surface area contributed by atoms with Crippen molar-refractivity contribution in [2.45, 2.75) is 13.5 Å². The number of aromatic nitrogens is 2. The van der Waals surface area contributed by atoms with Crippen molar-refractivity contribution in [2.75, 3.05) is 11.9 Å². The van der Waals surface area contributed by atoms with Crippen LogP contribution in [0, 0.1) is 10.8 Å². The number of amidine groups is 1. The van der Waals surface area contributed by atoms with Gasteiger partial charge in [-0.1, -0.05) is 36.4 Å². The summed E-state index contributed by atoms with van der Waals surface area (Å²) in [6, 6.07) is 18.6. The van der Waals surface area contributed by atoms with Crippen LogP contribution in [0.15, 0.2) is 77.9 Å². The lowest BCUT2D eigenvalue weighted by Gasteiger charge is -2.15. The van der Waals surface area contributed by atoms with Crippen LogP contribution in [-0.2, 0) is 16.1 Å². The Morgan fingerprint density at radius 2 is 1.82 bits per heavy atom. The lowest BCUT2D eigenvalue weighted by atomic mass is 10.00. The number of anilines is 2. The highest BCUT2D eigenvalue weighted by Gasteiger charge is 2.23. The smallest absolute Gasteiger partial charge is 0.358 e. The molecule has 11 heteroatoms. The van der Waals surface area contributed by atoms with Gasteiger partial charge in [-0.15, -0.1) is 0 Å². The Labute approximate surface area is 223 Å². The molecule has 198 valence electrons. The molecule has 1 aromatic heterocycles. The summed E-state index contributed by atoms with van der Waals surface area (Å²) in [5.41, 5.74) is 7.09. The van der Waals surface area contributed by atoms with Crippen molar-refractivity contribution in [3.8, 4) is 22.6 Å². The molecule has 0 saturated heterocycles. The predicted molar refractivity (Wildman–Crippen MR) is 147 cm³/mol. The third-order valence-electron chi connectivity index (χ3n) is 5.89. The molecule has 0 atom stereocenters. The Kier molecular flexibility index (Phi) is 7.82. The van der Waals surface area contributed by atoms with Gasteiger partial charge in [0.2, 0.25) is 0 Å². The van der Waals surface area contributed by atoms with Crippen molar-refractivity contribution in [3.63, 3.8) is 0 Å². The minimum absolute atomic E-state index is 0.0324. The molecule has 4 rings (SSSR count). The van der Waals surface area contributed by atoms with Gasteiger partial charge in [-0.3, -0.25) is 20.2 Å². The second kappa shape index (κ2) is 11.4. The first kappa shape index (κ1) is 26.8. The van der Waals surface area contributed by atoms with Gasteiger partial charge in [-0.25, -0.2) is 9.78 Å². The van der Waals surface area contributed by atoms with E-state index in [1.165, 1.54) is 29.1 Å². The molecule has 0 bridgehead atoms. The molecule has 4 aromatic rings. The molecule has 39 heavy (non-hydrogen) atoms. The number of ether oxygens (including phenoxy) is 1. The summed E-state index contributed by atoms with van der Waals surface area (Å²) in [5, 5.41) is 38.5. The first-order valence-corrected chi connectivity index (χ1v) is 11.9. The largest absolute Gasteiger partial charge is 0.507 e. The standard InChI is InChI=1S/C28H26N6O5/c1-2-39-28(38)23(29)24-25(33-18-9-12-22(36)21(13-18)26(30)31)27(37)34(15-32-24)19-10-7-16(8-11-19)20-6-4-3-5-17(20)14-35/h3-13,15,29,33,35-36H,2,14H2,1H3,(H3,30,31). The van der Waals surface area contributed by atoms with E-state index in [9.17, 15) is 19.8 Å². The molecular formula is C28H26N6O5. The maximum Gasteiger partial charge on any atom is 0.358 e. The van der Waals surface area contributed by atoms with Gasteiger partial charge in [-0.2, -0.15) is 0 Å². The topological polar surface area (TPSA) is 187 Å². The zero-order chi connectivity index (χ0) is 28.1. The van der Waals surface area contributed by atoms with Crippen LogP contribution >= 0.6 is 0 Å². The number of aromatic hydroxyl groups is 1. The zero-order valence-corrected chi connectivity index (χ0v) is 20.9. The molecule has 0 amide bonds. The molecule has 7 N–H and O–H groups in total. The number of esters is 1. The number of hydrogen-bond donors (Lipinski definition) is 6. The van der Waals surface area contributed by atoms with Gasteiger partial charge in [0.1, 0.15) is 29.3 Å². The minimum atomic E-state index is -0.952. The lowest BCUT2D eigenvalue weighted by Crippen LogP contribution is -2.28. The predicted octanol–water partition coefficient (Wildman–Crippen LogP) is 3.06. The number of nitrogens with one attached hydrogen (secondary N) is 3. The molecule has 0 aliphatic carbocycles. The number of carbonyl (C=O) groups excluding carboxylic acids is 1. The summed E-state index contributed by atoms with van der Waals surface area (Å²) < 4.78 is 6.17. The molecule has 0 spiro atoms. The normalized spacial score (nSPS) is 10.6. The van der Waals surface area contributed by atoms with Crippen molar-refractivity contribution < 1.29 is 19.7 Å². The number of aliphatic hydroxyl groups excluding tert-OH is 1. The van der Waals surface area contributed by atoms with E-state index in [0.29, 0.717) is 5.69 Å². The SMILES string of the molecule is CCOC(=O)C(=N)c1ncn(-c2ccc(-c3ccccc3CO)cc2)c(=O)c1Nc1ccc(O)c(C(=N)N)c1. The molecule has 0 radical (unpaired) electrons. The number of aliphatic hydroxyl groups is 1. The van der Waals surface area contributed by atoms with Crippen LogP contribution in [-0.4, -0.2) is 43.9 Å². The summed E-state index contributed by atoms with van der Waals surface area (Å²) in [4.78, 5) is 30.2. The second-order valence-corrected chi connectivity index (χ2v) is 8.37. The third-order valence-corrected chi connectivity index (χ3v) is 5.89. The van der Waals surface area contributed by atoms with E-state index in [1.807, 2.05) is 24.3 Å². The fourth-order valence-electron chi connectivity index (χ4n) is 3.96. The highest BCUT2D eigenvalue weighted by atomic mass is 16.5. The third kappa shape index (κ3) is 5.53. The fourth-order valence-corrected chi connectivity index (χ4v) is 3.96. The average molecular weight is 527 g/mol. The first-order chi connectivity index (χ1) is 18.7. The van der Waals surface area contributed by atoms with Gasteiger partial charge < -0.3 is 26.0 Å². The van der Waals surface area contributed by atoms with Gasteiger partial charge in [0.15, 0.2) is 5.71 Å². The maximum absolute atomic E-state index is 13.7. The van der Waals surface area contributed by atoms with Crippen molar-refractivity contribution >= 4 is 28.9 Å². The number of nitrogens with zero attached hydrogens (tertiary/aromatic N) is 2. The first-order valence-electron chi connectivity index (χ1n) is 11.9. The summed E-state index contributed by atoms with van der Waals surface area (Å²) in [6.45, 7) is 1.51. The van der Waals surface area contributed by atoms with E-state index >= 15 is 0 Å². The Balaban J connectivity index is 1.80. The minimum Gasteiger partial charge on any atom is -0.507 e. The zero-order valence-electron chi connectivity index (χ0n) is 20.9. The number of hydrogen-bond acceptors (Lipinski definition) is 9. The Morgan fingerprint density at radius 1 is 1.10 bits per heavy atom. The molecule has 0 fully saturated rings. The van der Waals surface area contributed by atoms with E-state index in [2.05, 4.69) is 10.3 Å². The van der Waals surface area contributed by atoms with Gasteiger partial charge in [-0.05, 0) is 53.9 Å². The number of carbonyl (C=O) groups is 1. The second-order valence-electron chi connectivity index (χ2n) is 8.37. The molecule has 1 heterocycles. The van der Waals surface area contributed by atoms with E-state index in [4.69, 9.17) is 21.3 Å². The van der Waals surface area contributed by atoms with Crippen molar-refractivity contribution in [2.24, 2.45) is 5.73 Å². The van der Waals surface area contributed by atoms with Crippen molar-refractivity contribution in [1.82, 2.24) is 9.55 Å². The van der Waals surface area contributed by atoms with Crippen LogP contribution in [0.25, 0.3) is 16.8 Å². The quantitative estimate of drug-likeness (QED) is 0.0830. The van der Waals surface area contributed by atoms with Gasteiger partial charge in [0, 0.05) is 5.69 Å². The Hall–Kier alpha value is -5.29. The summed E-state index contributed by atoms with van der Waals surface area (Å²) >= 11 is 0. The number of rotatable bonds is 9. The van der Waals surface area contributed by atoms with E-state index in [-0.39, 0.29) is 47.4 Å². The Morgan fingerprint density at radius 3 is 2.49 bits per heavy atom. The van der Waals surface area contributed by atoms with Crippen LogP contribution in [0.3, 0.4) is 0 Å². The molecular weight excluding hydrogens is 500 g/mol. The van der Waals surface area contributed by atoms with E-state index in [1.54, 1.807) is 31.2 Å². The van der Waals surface area contributed by atoms with Crippen molar-refractivity contribution in [1.29, 1.82) is 10.8 Å². The molecule has 11 nitrogen and oxygen atoms in total. The maximum atomic E-state index is 13.7. The average Bonchev–Trinajstić information content (AvgIpc) is 2.94. The van der Waals surface area contributed by atoms with E-state index in [0.717, 1.165) is 16.7 Å². The number of nitrogens with two attached hydrogens (primary N) is 1. The highest BCUT2D eigenvalue weighted by Crippen LogP contribution is 2.26. The number of benzene rings is 3. The van der Waals surface area contributed by atoms with Crippen LogP contribution in [0.4, 0.5) is 11.4 Å². The number of nitrogen functional groups attached to an aromatic ring is 1. The fraction of sp³-hybridized carbons (Fsp3) is 0.107. The molecule has 0 unspecified atom stereocenters.